The van der Waals surface area contributed by atoms with Crippen molar-refractivity contribution in [2.24, 2.45) is 0 Å². The van der Waals surface area contributed by atoms with Crippen molar-refractivity contribution in [2.45, 2.75) is 31.1 Å². The number of nitrogens with one attached hydrogen (secondary N) is 1. The number of aromatic nitrogens is 2. The second-order valence-electron chi connectivity index (χ2n) is 3.41. The van der Waals surface area contributed by atoms with Gasteiger partial charge in [-0.05, 0) is 19.8 Å². The molecule has 1 atom stereocenters. The van der Waals surface area contributed by atoms with Gasteiger partial charge in [-0.15, -0.1) is 0 Å². The molecule has 1 aromatic rings. The van der Waals surface area contributed by atoms with Crippen molar-refractivity contribution in [2.75, 3.05) is 6.54 Å². The molecule has 84 valence electrons. The predicted molar refractivity (Wildman–Crippen MR) is 62.9 cm³/mol. The van der Waals surface area contributed by atoms with Gasteiger partial charge in [-0.1, -0.05) is 15.9 Å². The highest BCUT2D eigenvalue weighted by atomic mass is 79.9. The van der Waals surface area contributed by atoms with Crippen LogP contribution in [-0.4, -0.2) is 26.8 Å². The van der Waals surface area contributed by atoms with E-state index in [9.17, 15) is 4.79 Å². The van der Waals surface area contributed by atoms with Gasteiger partial charge in [0, 0.05) is 25.5 Å². The molecule has 0 aliphatic rings. The van der Waals surface area contributed by atoms with E-state index >= 15 is 0 Å². The maximum absolute atomic E-state index is 11.2. The third kappa shape index (κ3) is 4.97. The van der Waals surface area contributed by atoms with Crippen LogP contribution >= 0.6 is 15.9 Å². The molecule has 0 saturated carbocycles. The Bertz CT molecular complexity index is 285. The molecule has 0 bridgehead atoms. The lowest BCUT2D eigenvalue weighted by molar-refractivity contribution is -0.120. The summed E-state index contributed by atoms with van der Waals surface area (Å²) in [4.78, 5) is 15.0. The summed E-state index contributed by atoms with van der Waals surface area (Å²) in [6.07, 6.45) is 7.56. The van der Waals surface area contributed by atoms with E-state index < -0.39 is 0 Å². The number of alkyl halides is 1. The maximum atomic E-state index is 11.2. The molecular weight excluding hydrogens is 258 g/mol. The lowest BCUT2D eigenvalue weighted by atomic mass is 10.3. The van der Waals surface area contributed by atoms with Crippen LogP contribution in [0, 0.1) is 0 Å². The molecule has 0 radical (unpaired) electrons. The number of nitrogens with zero attached hydrogens (tertiary/aromatic N) is 2. The summed E-state index contributed by atoms with van der Waals surface area (Å²) in [6.45, 7) is 3.52. The second-order valence-corrected chi connectivity index (χ2v) is 4.79. The fraction of sp³-hybridized carbons (Fsp3) is 0.600. The number of hydrogen-bond donors (Lipinski definition) is 1. The second kappa shape index (κ2) is 6.61. The summed E-state index contributed by atoms with van der Waals surface area (Å²) in [6, 6.07) is 0. The van der Waals surface area contributed by atoms with Gasteiger partial charge < -0.3 is 9.88 Å². The van der Waals surface area contributed by atoms with Gasteiger partial charge in [0.05, 0.1) is 11.2 Å². The Morgan fingerprint density at radius 3 is 3.00 bits per heavy atom. The fourth-order valence-corrected chi connectivity index (χ4v) is 1.35. The topological polar surface area (TPSA) is 46.9 Å². The molecule has 0 aromatic carbocycles. The molecular formula is C10H16BrN3O. The minimum absolute atomic E-state index is 0.0534. The zero-order valence-electron chi connectivity index (χ0n) is 8.82. The number of rotatable bonds is 6. The molecule has 15 heavy (non-hydrogen) atoms. The molecule has 0 spiro atoms. The van der Waals surface area contributed by atoms with E-state index in [0.717, 1.165) is 25.9 Å². The third-order valence-corrected chi connectivity index (χ3v) is 2.48. The average Bonchev–Trinajstić information content (AvgIpc) is 2.69. The first-order valence-electron chi connectivity index (χ1n) is 5.07. The summed E-state index contributed by atoms with van der Waals surface area (Å²) in [5, 5.41) is 2.85. The minimum Gasteiger partial charge on any atom is -0.355 e. The first-order valence-corrected chi connectivity index (χ1v) is 5.99. The van der Waals surface area contributed by atoms with Crippen molar-refractivity contribution in [3.05, 3.63) is 18.7 Å². The molecule has 1 rings (SSSR count). The van der Waals surface area contributed by atoms with Crippen molar-refractivity contribution < 1.29 is 4.79 Å². The predicted octanol–water partition coefficient (Wildman–Crippen LogP) is 1.56. The highest BCUT2D eigenvalue weighted by Gasteiger charge is 2.06. The largest absolute Gasteiger partial charge is 0.355 e. The van der Waals surface area contributed by atoms with Crippen LogP contribution in [-0.2, 0) is 11.3 Å². The van der Waals surface area contributed by atoms with Gasteiger partial charge in [0.15, 0.2) is 0 Å². The molecule has 1 N–H and O–H groups in total. The number of amides is 1. The summed E-state index contributed by atoms with van der Waals surface area (Å²) in [5.41, 5.74) is 0. The number of carbonyl (C=O) groups is 1. The normalized spacial score (nSPS) is 12.4. The molecule has 5 heteroatoms. The van der Waals surface area contributed by atoms with Crippen molar-refractivity contribution >= 4 is 21.8 Å². The van der Waals surface area contributed by atoms with Gasteiger partial charge in [-0.3, -0.25) is 4.79 Å². The summed E-state index contributed by atoms with van der Waals surface area (Å²) < 4.78 is 2.04. The fourth-order valence-electron chi connectivity index (χ4n) is 1.19. The highest BCUT2D eigenvalue weighted by Crippen LogP contribution is 1.97. The van der Waals surface area contributed by atoms with E-state index in [2.05, 4.69) is 26.2 Å². The van der Waals surface area contributed by atoms with Gasteiger partial charge in [0.1, 0.15) is 0 Å². The monoisotopic (exact) mass is 273 g/mol. The summed E-state index contributed by atoms with van der Waals surface area (Å²) in [7, 11) is 0. The Morgan fingerprint density at radius 2 is 2.40 bits per heavy atom. The standard InChI is InChI=1S/C10H16BrN3O/c1-9(11)10(15)13-4-2-3-6-14-7-5-12-8-14/h5,7-9H,2-4,6H2,1H3,(H,13,15). The Kier molecular flexibility index (Phi) is 5.39. The summed E-state index contributed by atoms with van der Waals surface area (Å²) in [5.74, 6) is 0.0534. The zero-order valence-corrected chi connectivity index (χ0v) is 10.4. The van der Waals surface area contributed by atoms with Crippen molar-refractivity contribution in [1.29, 1.82) is 0 Å². The molecule has 1 heterocycles. The van der Waals surface area contributed by atoms with Crippen LogP contribution in [0.25, 0.3) is 0 Å². The maximum Gasteiger partial charge on any atom is 0.233 e. The number of unbranched alkanes of at least 4 members (excludes halogenated alkanes) is 1. The quantitative estimate of drug-likeness (QED) is 0.632. The Balaban J connectivity index is 2.00. The van der Waals surface area contributed by atoms with Crippen LogP contribution in [0.3, 0.4) is 0 Å². The van der Waals surface area contributed by atoms with E-state index in [1.807, 2.05) is 17.7 Å². The molecule has 4 nitrogen and oxygen atoms in total. The third-order valence-electron chi connectivity index (χ3n) is 2.06. The number of aryl methyl sites for hydroxylation is 1. The SMILES string of the molecule is CC(Br)C(=O)NCCCCn1ccnc1. The molecule has 1 aromatic heterocycles. The van der Waals surface area contributed by atoms with E-state index in [1.165, 1.54) is 0 Å². The van der Waals surface area contributed by atoms with E-state index in [4.69, 9.17) is 0 Å². The van der Waals surface area contributed by atoms with Gasteiger partial charge in [0.2, 0.25) is 5.91 Å². The molecule has 0 fully saturated rings. The number of imidazole rings is 1. The highest BCUT2D eigenvalue weighted by molar-refractivity contribution is 9.10. The van der Waals surface area contributed by atoms with Crippen LogP contribution in [0.15, 0.2) is 18.7 Å². The summed E-state index contributed by atoms with van der Waals surface area (Å²) >= 11 is 3.22. The minimum atomic E-state index is -0.105. The molecule has 0 aliphatic carbocycles. The molecule has 1 unspecified atom stereocenters. The average molecular weight is 274 g/mol. The molecule has 0 aliphatic heterocycles. The number of halogens is 1. The van der Waals surface area contributed by atoms with Crippen molar-refractivity contribution in [3.63, 3.8) is 0 Å². The smallest absolute Gasteiger partial charge is 0.233 e. The van der Waals surface area contributed by atoms with Gasteiger partial charge in [-0.2, -0.15) is 0 Å². The van der Waals surface area contributed by atoms with Crippen molar-refractivity contribution in [3.8, 4) is 0 Å². The van der Waals surface area contributed by atoms with Crippen LogP contribution < -0.4 is 5.32 Å². The van der Waals surface area contributed by atoms with Crippen molar-refractivity contribution in [1.82, 2.24) is 14.9 Å². The van der Waals surface area contributed by atoms with Crippen LogP contribution in [0.4, 0.5) is 0 Å². The molecule has 1 amide bonds. The van der Waals surface area contributed by atoms with Crippen LogP contribution in [0.2, 0.25) is 0 Å². The van der Waals surface area contributed by atoms with E-state index in [0.29, 0.717) is 0 Å². The number of hydrogen-bond acceptors (Lipinski definition) is 2. The first kappa shape index (κ1) is 12.2. The van der Waals surface area contributed by atoms with Gasteiger partial charge >= 0.3 is 0 Å². The van der Waals surface area contributed by atoms with Gasteiger partial charge in [-0.25, -0.2) is 4.98 Å². The Morgan fingerprint density at radius 1 is 1.60 bits per heavy atom. The van der Waals surface area contributed by atoms with E-state index in [1.54, 1.807) is 12.5 Å². The lowest BCUT2D eigenvalue weighted by Gasteiger charge is -2.06. The molecule has 0 saturated heterocycles. The number of carbonyl (C=O) groups excluding carboxylic acids is 1. The lowest BCUT2D eigenvalue weighted by Crippen LogP contribution is -2.30. The zero-order chi connectivity index (χ0) is 11.1. The Hall–Kier alpha value is -0.840. The van der Waals surface area contributed by atoms with E-state index in [-0.39, 0.29) is 10.7 Å². The Labute approximate surface area is 98.2 Å². The first-order chi connectivity index (χ1) is 7.20. The van der Waals surface area contributed by atoms with Crippen LogP contribution in [0.1, 0.15) is 19.8 Å². The van der Waals surface area contributed by atoms with Crippen LogP contribution in [0.5, 0.6) is 0 Å². The van der Waals surface area contributed by atoms with Gasteiger partial charge in [0.25, 0.3) is 0 Å².